The van der Waals surface area contributed by atoms with Crippen LogP contribution in [0.1, 0.15) is 24.5 Å². The lowest BCUT2D eigenvalue weighted by molar-refractivity contribution is 0.318. The lowest BCUT2D eigenvalue weighted by Gasteiger charge is -2.08. The van der Waals surface area contributed by atoms with Gasteiger partial charge in [-0.1, -0.05) is 13.0 Å². The van der Waals surface area contributed by atoms with Gasteiger partial charge in [0.25, 0.3) is 0 Å². The molecule has 2 heterocycles. The van der Waals surface area contributed by atoms with Crippen molar-refractivity contribution in [1.29, 1.82) is 0 Å². The molecular formula is C18H20N2O. The summed E-state index contributed by atoms with van der Waals surface area (Å²) in [7, 11) is 0. The second-order valence-electron chi connectivity index (χ2n) is 5.38. The quantitative estimate of drug-likeness (QED) is 0.701. The fourth-order valence-electron chi connectivity index (χ4n) is 2.53. The molecule has 1 aromatic carbocycles. The number of pyridine rings is 1. The van der Waals surface area contributed by atoms with E-state index in [0.29, 0.717) is 0 Å². The topological polar surface area (TPSA) is 27.1 Å². The van der Waals surface area contributed by atoms with Crippen molar-refractivity contribution < 1.29 is 4.74 Å². The first-order valence-corrected chi connectivity index (χ1v) is 7.38. The lowest BCUT2D eigenvalue weighted by Crippen LogP contribution is -1.99. The number of hydrogen-bond donors (Lipinski definition) is 0. The van der Waals surface area contributed by atoms with Gasteiger partial charge in [-0.25, -0.2) is 0 Å². The van der Waals surface area contributed by atoms with Gasteiger partial charge in [-0.05, 0) is 48.7 Å². The first-order chi connectivity index (χ1) is 10.3. The second-order valence-corrected chi connectivity index (χ2v) is 5.38. The minimum Gasteiger partial charge on any atom is -0.494 e. The summed E-state index contributed by atoms with van der Waals surface area (Å²) < 4.78 is 7.93. The Kier molecular flexibility index (Phi) is 3.91. The van der Waals surface area contributed by atoms with Gasteiger partial charge >= 0.3 is 0 Å². The van der Waals surface area contributed by atoms with Crippen LogP contribution >= 0.6 is 0 Å². The third-order valence-corrected chi connectivity index (χ3v) is 3.50. The fourth-order valence-corrected chi connectivity index (χ4v) is 2.53. The Morgan fingerprint density at radius 1 is 1.14 bits per heavy atom. The van der Waals surface area contributed by atoms with Crippen LogP contribution < -0.4 is 4.74 Å². The number of hydrogen-bond acceptors (Lipinski definition) is 2. The summed E-state index contributed by atoms with van der Waals surface area (Å²) in [5.74, 6) is 0.944. The second kappa shape index (κ2) is 6.00. The Balaban J connectivity index is 1.86. The van der Waals surface area contributed by atoms with E-state index in [-0.39, 0.29) is 0 Å². The summed E-state index contributed by atoms with van der Waals surface area (Å²) in [4.78, 5) is 4.26. The minimum absolute atomic E-state index is 0.765. The summed E-state index contributed by atoms with van der Waals surface area (Å²) in [6, 6.07) is 10.6. The first kappa shape index (κ1) is 13.7. The molecule has 0 unspecified atom stereocenters. The van der Waals surface area contributed by atoms with Crippen LogP contribution in [-0.4, -0.2) is 16.2 Å². The van der Waals surface area contributed by atoms with Crippen LogP contribution in [0.2, 0.25) is 0 Å². The van der Waals surface area contributed by atoms with Gasteiger partial charge in [0.2, 0.25) is 0 Å². The number of aryl methyl sites for hydroxylation is 1. The Morgan fingerprint density at radius 2 is 2.05 bits per heavy atom. The zero-order chi connectivity index (χ0) is 14.7. The highest BCUT2D eigenvalue weighted by Crippen LogP contribution is 2.23. The van der Waals surface area contributed by atoms with E-state index in [2.05, 4.69) is 53.9 Å². The van der Waals surface area contributed by atoms with Gasteiger partial charge in [0.1, 0.15) is 5.75 Å². The van der Waals surface area contributed by atoms with Crippen molar-refractivity contribution in [3.05, 3.63) is 60.0 Å². The van der Waals surface area contributed by atoms with E-state index in [1.807, 2.05) is 18.5 Å². The Hall–Kier alpha value is -2.29. The van der Waals surface area contributed by atoms with Gasteiger partial charge in [0, 0.05) is 36.0 Å². The van der Waals surface area contributed by atoms with Crippen molar-refractivity contribution >= 4 is 10.9 Å². The standard InChI is InChI=1S/C18H20N2O/c1-3-8-21-17-4-5-18-16(10-17)6-7-20(18)13-15-9-14(2)11-19-12-15/h4-7,9-12H,3,8,13H2,1-2H3. The van der Waals surface area contributed by atoms with Crippen LogP contribution in [0.4, 0.5) is 0 Å². The summed E-state index contributed by atoms with van der Waals surface area (Å²) in [5.41, 5.74) is 3.64. The monoisotopic (exact) mass is 280 g/mol. The van der Waals surface area contributed by atoms with Crippen molar-refractivity contribution in [2.75, 3.05) is 6.61 Å². The molecule has 0 radical (unpaired) electrons. The molecule has 0 saturated heterocycles. The molecule has 108 valence electrons. The van der Waals surface area contributed by atoms with E-state index in [4.69, 9.17) is 4.74 Å². The number of aromatic nitrogens is 2. The SMILES string of the molecule is CCCOc1ccc2c(ccn2Cc2cncc(C)c2)c1. The van der Waals surface area contributed by atoms with Crippen molar-refractivity contribution in [1.82, 2.24) is 9.55 Å². The largest absolute Gasteiger partial charge is 0.494 e. The summed E-state index contributed by atoms with van der Waals surface area (Å²) in [6.45, 7) is 5.79. The van der Waals surface area contributed by atoms with Gasteiger partial charge in [0.15, 0.2) is 0 Å². The minimum atomic E-state index is 0.765. The highest BCUT2D eigenvalue weighted by molar-refractivity contribution is 5.81. The number of benzene rings is 1. The lowest BCUT2D eigenvalue weighted by atomic mass is 10.2. The molecule has 0 bridgehead atoms. The van der Waals surface area contributed by atoms with E-state index in [9.17, 15) is 0 Å². The highest BCUT2D eigenvalue weighted by Gasteiger charge is 2.04. The molecule has 0 aliphatic rings. The molecule has 3 heteroatoms. The van der Waals surface area contributed by atoms with E-state index < -0.39 is 0 Å². The maximum atomic E-state index is 5.69. The number of fused-ring (bicyclic) bond motifs is 1. The molecule has 0 amide bonds. The molecular weight excluding hydrogens is 260 g/mol. The smallest absolute Gasteiger partial charge is 0.120 e. The van der Waals surface area contributed by atoms with E-state index in [0.717, 1.165) is 25.3 Å². The van der Waals surface area contributed by atoms with Crippen LogP contribution in [0.3, 0.4) is 0 Å². The van der Waals surface area contributed by atoms with Gasteiger partial charge < -0.3 is 9.30 Å². The molecule has 3 aromatic rings. The molecule has 0 fully saturated rings. The van der Waals surface area contributed by atoms with E-state index in [1.54, 1.807) is 0 Å². The summed E-state index contributed by atoms with van der Waals surface area (Å²) in [5, 5.41) is 1.21. The van der Waals surface area contributed by atoms with Crippen molar-refractivity contribution in [2.45, 2.75) is 26.8 Å². The average molecular weight is 280 g/mol. The Labute approximate surface area is 125 Å². The van der Waals surface area contributed by atoms with Gasteiger partial charge in [-0.15, -0.1) is 0 Å². The third kappa shape index (κ3) is 3.07. The van der Waals surface area contributed by atoms with Crippen LogP contribution in [0.15, 0.2) is 48.9 Å². The van der Waals surface area contributed by atoms with E-state index in [1.165, 1.54) is 22.0 Å². The summed E-state index contributed by atoms with van der Waals surface area (Å²) in [6.07, 6.45) is 6.96. The molecule has 2 aromatic heterocycles. The highest BCUT2D eigenvalue weighted by atomic mass is 16.5. The predicted molar refractivity (Wildman–Crippen MR) is 85.8 cm³/mol. The predicted octanol–water partition coefficient (Wildman–Crippen LogP) is 4.18. The molecule has 3 rings (SSSR count). The summed E-state index contributed by atoms with van der Waals surface area (Å²) >= 11 is 0. The van der Waals surface area contributed by atoms with Crippen molar-refractivity contribution in [3.63, 3.8) is 0 Å². The fraction of sp³-hybridized carbons (Fsp3) is 0.278. The Bertz CT molecular complexity index is 746. The molecule has 0 aliphatic carbocycles. The molecule has 0 aliphatic heterocycles. The zero-order valence-corrected chi connectivity index (χ0v) is 12.5. The molecule has 0 saturated carbocycles. The number of nitrogens with zero attached hydrogens (tertiary/aromatic N) is 2. The molecule has 3 nitrogen and oxygen atoms in total. The Morgan fingerprint density at radius 3 is 2.86 bits per heavy atom. The molecule has 0 atom stereocenters. The van der Waals surface area contributed by atoms with Gasteiger partial charge in [-0.2, -0.15) is 0 Å². The van der Waals surface area contributed by atoms with E-state index >= 15 is 0 Å². The first-order valence-electron chi connectivity index (χ1n) is 7.38. The van der Waals surface area contributed by atoms with Crippen LogP contribution in [0.25, 0.3) is 10.9 Å². The normalized spacial score (nSPS) is 11.0. The van der Waals surface area contributed by atoms with Crippen molar-refractivity contribution in [2.24, 2.45) is 0 Å². The zero-order valence-electron chi connectivity index (χ0n) is 12.5. The van der Waals surface area contributed by atoms with Gasteiger partial charge in [0.05, 0.1) is 6.61 Å². The maximum Gasteiger partial charge on any atom is 0.120 e. The van der Waals surface area contributed by atoms with Crippen molar-refractivity contribution in [3.8, 4) is 5.75 Å². The van der Waals surface area contributed by atoms with Gasteiger partial charge in [-0.3, -0.25) is 4.98 Å². The molecule has 0 spiro atoms. The van der Waals surface area contributed by atoms with Crippen LogP contribution in [0, 0.1) is 6.92 Å². The third-order valence-electron chi connectivity index (χ3n) is 3.50. The number of rotatable bonds is 5. The number of ether oxygens (including phenoxy) is 1. The van der Waals surface area contributed by atoms with Crippen LogP contribution in [0.5, 0.6) is 5.75 Å². The molecule has 21 heavy (non-hydrogen) atoms. The molecule has 0 N–H and O–H groups in total. The van der Waals surface area contributed by atoms with Crippen LogP contribution in [-0.2, 0) is 6.54 Å². The average Bonchev–Trinajstić information content (AvgIpc) is 2.87. The maximum absolute atomic E-state index is 5.69.